The van der Waals surface area contributed by atoms with Crippen LogP contribution < -0.4 is 0 Å². The molecule has 0 bridgehead atoms. The number of carbonyl (C=O) groups is 1. The smallest absolute Gasteiger partial charge is 0.409 e. The van der Waals surface area contributed by atoms with E-state index in [0.29, 0.717) is 54.2 Å². The Hall–Kier alpha value is -3.44. The highest BCUT2D eigenvalue weighted by Crippen LogP contribution is 2.40. The van der Waals surface area contributed by atoms with Crippen LogP contribution in [0.5, 0.6) is 5.88 Å². The van der Waals surface area contributed by atoms with Crippen LogP contribution in [0.2, 0.25) is 0 Å². The second-order valence-electron chi connectivity index (χ2n) is 7.57. The fraction of sp³-hybridized carbons (Fsp3) is 0.318. The first-order valence-corrected chi connectivity index (χ1v) is 11.4. The van der Waals surface area contributed by atoms with Gasteiger partial charge in [-0.1, -0.05) is 23.5 Å². The molecule has 0 saturated carbocycles. The molecular formula is C22H22FN5O4S. The number of halogens is 1. The predicted octanol–water partition coefficient (Wildman–Crippen LogP) is 3.76. The summed E-state index contributed by atoms with van der Waals surface area (Å²) in [5, 5.41) is 15.5. The summed E-state index contributed by atoms with van der Waals surface area (Å²) < 4.78 is 25.5. The lowest BCUT2D eigenvalue weighted by molar-refractivity contribution is 0.0715. The highest BCUT2D eigenvalue weighted by molar-refractivity contribution is 7.17. The van der Waals surface area contributed by atoms with Gasteiger partial charge in [0.25, 0.3) is 0 Å². The number of thiazole rings is 1. The Bertz CT molecular complexity index is 1250. The van der Waals surface area contributed by atoms with Crippen molar-refractivity contribution in [3.63, 3.8) is 0 Å². The third kappa shape index (κ3) is 4.05. The van der Waals surface area contributed by atoms with Gasteiger partial charge in [-0.3, -0.25) is 4.90 Å². The zero-order valence-electron chi connectivity index (χ0n) is 17.8. The highest BCUT2D eigenvalue weighted by Gasteiger charge is 2.33. The molecule has 0 aliphatic carbocycles. The van der Waals surface area contributed by atoms with Crippen LogP contribution in [0.15, 0.2) is 47.1 Å². The van der Waals surface area contributed by atoms with Gasteiger partial charge >= 0.3 is 6.09 Å². The molecule has 9 nitrogen and oxygen atoms in total. The number of piperazine rings is 1. The molecule has 1 aliphatic heterocycles. The standard InChI is InChI=1S/C22H22FN5O4S/c1-2-31-22(30)27-11-9-26(10-12-27)17(14-5-7-15(23)8-6-14)18-20(29)28-21(33-18)24-19(25-28)16-4-3-13-32-16/h3-8,13,17,29H,2,9-12H2,1H3/t17-/m0/s1. The fourth-order valence-corrected chi connectivity index (χ4v) is 5.11. The summed E-state index contributed by atoms with van der Waals surface area (Å²) in [6.07, 6.45) is 1.21. The van der Waals surface area contributed by atoms with Gasteiger partial charge in [-0.05, 0) is 36.8 Å². The molecule has 4 aromatic rings. The van der Waals surface area contributed by atoms with Crippen LogP contribution in [0.3, 0.4) is 0 Å². The number of ether oxygens (including phenoxy) is 1. The van der Waals surface area contributed by atoms with Crippen molar-refractivity contribution < 1.29 is 23.4 Å². The molecule has 4 heterocycles. The average molecular weight is 472 g/mol. The third-order valence-corrected chi connectivity index (χ3v) is 6.65. The first-order chi connectivity index (χ1) is 16.0. The maximum absolute atomic E-state index is 13.6. The van der Waals surface area contributed by atoms with E-state index < -0.39 is 0 Å². The van der Waals surface area contributed by atoms with Gasteiger partial charge in [0, 0.05) is 26.2 Å². The van der Waals surface area contributed by atoms with Gasteiger partial charge in [0.15, 0.2) is 5.76 Å². The lowest BCUT2D eigenvalue weighted by Gasteiger charge is -2.38. The number of fused-ring (bicyclic) bond motifs is 1. The van der Waals surface area contributed by atoms with Gasteiger partial charge in [-0.25, -0.2) is 9.18 Å². The number of hydrogen-bond acceptors (Lipinski definition) is 8. The summed E-state index contributed by atoms with van der Waals surface area (Å²) in [4.78, 5) is 21.6. The van der Waals surface area contributed by atoms with Crippen LogP contribution in [0.1, 0.15) is 23.4 Å². The van der Waals surface area contributed by atoms with Crippen LogP contribution in [-0.2, 0) is 4.74 Å². The quantitative estimate of drug-likeness (QED) is 0.473. The molecule has 33 heavy (non-hydrogen) atoms. The molecule has 1 fully saturated rings. The summed E-state index contributed by atoms with van der Waals surface area (Å²) in [7, 11) is 0. The van der Waals surface area contributed by atoms with E-state index in [-0.39, 0.29) is 23.8 Å². The van der Waals surface area contributed by atoms with E-state index in [2.05, 4.69) is 15.0 Å². The Balaban J connectivity index is 1.48. The van der Waals surface area contributed by atoms with Gasteiger partial charge < -0.3 is 19.2 Å². The number of hydrogen-bond donors (Lipinski definition) is 1. The molecule has 11 heteroatoms. The van der Waals surface area contributed by atoms with Crippen LogP contribution >= 0.6 is 11.3 Å². The monoisotopic (exact) mass is 471 g/mol. The van der Waals surface area contributed by atoms with Crippen molar-refractivity contribution in [1.29, 1.82) is 0 Å². The Morgan fingerprint density at radius 1 is 1.24 bits per heavy atom. The lowest BCUT2D eigenvalue weighted by atomic mass is 10.0. The maximum Gasteiger partial charge on any atom is 0.409 e. The first kappa shape index (κ1) is 21.4. The summed E-state index contributed by atoms with van der Waals surface area (Å²) >= 11 is 1.32. The summed E-state index contributed by atoms with van der Waals surface area (Å²) in [5.41, 5.74) is 0.826. The van der Waals surface area contributed by atoms with Crippen LogP contribution in [0.25, 0.3) is 16.5 Å². The first-order valence-electron chi connectivity index (χ1n) is 10.6. The van der Waals surface area contributed by atoms with Crippen LogP contribution in [-0.4, -0.2) is 68.4 Å². The van der Waals surface area contributed by atoms with Crippen molar-refractivity contribution in [2.24, 2.45) is 0 Å². The molecule has 1 aromatic carbocycles. The van der Waals surface area contributed by atoms with Crippen molar-refractivity contribution in [2.75, 3.05) is 32.8 Å². The average Bonchev–Trinajstić information content (AvgIpc) is 3.55. The Morgan fingerprint density at radius 2 is 2.00 bits per heavy atom. The highest BCUT2D eigenvalue weighted by atomic mass is 32.1. The van der Waals surface area contributed by atoms with Crippen molar-refractivity contribution in [1.82, 2.24) is 24.4 Å². The van der Waals surface area contributed by atoms with Crippen molar-refractivity contribution >= 4 is 22.4 Å². The van der Waals surface area contributed by atoms with Gasteiger partial charge in [-0.2, -0.15) is 9.50 Å². The van der Waals surface area contributed by atoms with E-state index in [1.807, 2.05) is 0 Å². The maximum atomic E-state index is 13.6. The van der Waals surface area contributed by atoms with Gasteiger partial charge in [0.2, 0.25) is 16.7 Å². The number of aromatic nitrogens is 3. The fourth-order valence-electron chi connectivity index (χ4n) is 3.99. The Labute approximate surface area is 192 Å². The SMILES string of the molecule is CCOC(=O)N1CCN([C@@H](c2ccc(F)cc2)c2sc3nc(-c4ccco4)nn3c2O)CC1. The number of nitrogens with zero attached hydrogens (tertiary/aromatic N) is 5. The van der Waals surface area contributed by atoms with Gasteiger partial charge in [0.1, 0.15) is 5.82 Å². The minimum absolute atomic E-state index is 0.0255. The molecule has 1 N–H and O–H groups in total. The predicted molar refractivity (Wildman–Crippen MR) is 119 cm³/mol. The van der Waals surface area contributed by atoms with E-state index in [1.165, 1.54) is 34.2 Å². The van der Waals surface area contributed by atoms with Crippen LogP contribution in [0.4, 0.5) is 9.18 Å². The van der Waals surface area contributed by atoms with E-state index in [9.17, 15) is 14.3 Å². The number of aromatic hydroxyl groups is 1. The number of furan rings is 1. The zero-order valence-corrected chi connectivity index (χ0v) is 18.7. The second kappa shape index (κ2) is 8.83. The van der Waals surface area contributed by atoms with E-state index in [4.69, 9.17) is 9.15 Å². The molecule has 1 saturated heterocycles. The number of rotatable bonds is 5. The summed E-state index contributed by atoms with van der Waals surface area (Å²) in [5.74, 6) is 0.536. The molecule has 5 rings (SSSR count). The molecule has 0 radical (unpaired) electrons. The largest absolute Gasteiger partial charge is 0.492 e. The van der Waals surface area contributed by atoms with Crippen molar-refractivity contribution in [3.05, 3.63) is 58.9 Å². The van der Waals surface area contributed by atoms with Crippen LogP contribution in [0, 0.1) is 5.82 Å². The topological polar surface area (TPSA) is 96.3 Å². The zero-order chi connectivity index (χ0) is 22.9. The molecule has 0 unspecified atom stereocenters. The molecule has 1 aliphatic rings. The second-order valence-corrected chi connectivity index (χ2v) is 8.58. The number of amides is 1. The lowest BCUT2D eigenvalue weighted by Crippen LogP contribution is -2.49. The van der Waals surface area contributed by atoms with E-state index in [0.717, 1.165) is 5.56 Å². The molecule has 0 spiro atoms. The molecule has 3 aromatic heterocycles. The van der Waals surface area contributed by atoms with Gasteiger partial charge in [-0.15, -0.1) is 5.10 Å². The molecule has 1 amide bonds. The summed E-state index contributed by atoms with van der Waals surface area (Å²) in [6, 6.07) is 9.37. The minimum Gasteiger partial charge on any atom is -0.492 e. The number of benzene rings is 1. The molecule has 1 atom stereocenters. The normalized spacial score (nSPS) is 15.8. The number of carbonyl (C=O) groups excluding carboxylic acids is 1. The van der Waals surface area contributed by atoms with E-state index >= 15 is 0 Å². The van der Waals surface area contributed by atoms with Gasteiger partial charge in [0.05, 0.1) is 23.8 Å². The summed E-state index contributed by atoms with van der Waals surface area (Å²) in [6.45, 7) is 4.20. The van der Waals surface area contributed by atoms with E-state index in [1.54, 1.807) is 36.1 Å². The Kier molecular flexibility index (Phi) is 5.73. The molecular weight excluding hydrogens is 449 g/mol. The third-order valence-electron chi connectivity index (χ3n) is 5.58. The minimum atomic E-state index is -0.351. The van der Waals surface area contributed by atoms with Crippen molar-refractivity contribution in [2.45, 2.75) is 13.0 Å². The molecule has 172 valence electrons. The van der Waals surface area contributed by atoms with Crippen molar-refractivity contribution in [3.8, 4) is 17.5 Å². The Morgan fingerprint density at radius 3 is 2.64 bits per heavy atom.